The minimum absolute atomic E-state index is 0.240. The van der Waals surface area contributed by atoms with Gasteiger partial charge in [-0.25, -0.2) is 0 Å². The van der Waals surface area contributed by atoms with Gasteiger partial charge < -0.3 is 9.47 Å². The summed E-state index contributed by atoms with van der Waals surface area (Å²) in [6, 6.07) is 19.9. The molecule has 3 aromatic carbocycles. The zero-order chi connectivity index (χ0) is 23.4. The minimum Gasteiger partial charge on any atom is -0.493 e. The summed E-state index contributed by atoms with van der Waals surface area (Å²) < 4.78 is 11.3. The van der Waals surface area contributed by atoms with Crippen molar-refractivity contribution in [2.24, 2.45) is 0 Å². The number of carbonyl (C=O) groups is 2. The zero-order valence-corrected chi connectivity index (χ0v) is 19.9. The van der Waals surface area contributed by atoms with Crippen LogP contribution < -0.4 is 9.47 Å². The van der Waals surface area contributed by atoms with Gasteiger partial charge in [-0.1, -0.05) is 65.7 Å². The normalized spacial score (nSPS) is 14.8. The lowest BCUT2D eigenvalue weighted by atomic mass is 10.1. The van der Waals surface area contributed by atoms with Crippen LogP contribution in [0.5, 0.6) is 11.5 Å². The number of halogens is 2. The number of methoxy groups -OCH3 is 1. The predicted octanol–water partition coefficient (Wildman–Crippen LogP) is 6.82. The van der Waals surface area contributed by atoms with E-state index < -0.39 is 0 Å². The maximum Gasteiger partial charge on any atom is 0.293 e. The lowest BCUT2D eigenvalue weighted by Crippen LogP contribution is -2.27. The van der Waals surface area contributed by atoms with E-state index in [4.69, 9.17) is 32.7 Å². The first-order chi connectivity index (χ1) is 15.9. The maximum absolute atomic E-state index is 12.8. The summed E-state index contributed by atoms with van der Waals surface area (Å²) in [5, 5.41) is 0.782. The fourth-order valence-corrected chi connectivity index (χ4v) is 4.54. The first kappa shape index (κ1) is 23.2. The number of carbonyl (C=O) groups excluding carboxylic acids is 2. The highest BCUT2D eigenvalue weighted by Gasteiger charge is 2.35. The number of imide groups is 1. The van der Waals surface area contributed by atoms with E-state index in [0.29, 0.717) is 32.0 Å². The van der Waals surface area contributed by atoms with Gasteiger partial charge in [-0.2, -0.15) is 0 Å². The van der Waals surface area contributed by atoms with Crippen LogP contribution in [-0.4, -0.2) is 23.2 Å². The van der Waals surface area contributed by atoms with Gasteiger partial charge in [0.2, 0.25) is 0 Å². The summed E-state index contributed by atoms with van der Waals surface area (Å²) in [5.41, 5.74) is 2.40. The quantitative estimate of drug-likeness (QED) is 0.334. The van der Waals surface area contributed by atoms with Gasteiger partial charge in [0.05, 0.1) is 18.6 Å². The Balaban J connectivity index is 1.49. The van der Waals surface area contributed by atoms with Crippen LogP contribution >= 0.6 is 35.0 Å². The Kier molecular flexibility index (Phi) is 7.28. The topological polar surface area (TPSA) is 55.8 Å². The third kappa shape index (κ3) is 5.53. The van der Waals surface area contributed by atoms with Crippen LogP contribution in [0.4, 0.5) is 4.79 Å². The Hall–Kier alpha value is -2.93. The first-order valence-electron chi connectivity index (χ1n) is 9.98. The average molecular weight is 500 g/mol. The Morgan fingerprint density at radius 3 is 2.48 bits per heavy atom. The molecule has 1 fully saturated rings. The van der Waals surface area contributed by atoms with Gasteiger partial charge in [0.25, 0.3) is 11.1 Å². The van der Waals surface area contributed by atoms with E-state index in [-0.39, 0.29) is 24.3 Å². The standard InChI is InChI=1S/C25H19Cl2NO4S/c1-31-22-11-17(7-10-21(22)32-15-18-8-9-19(26)13-20(18)27)12-23-24(29)28(25(30)33-23)14-16-5-3-2-4-6-16/h2-13H,14-15H2,1H3/b23-12-. The molecule has 168 valence electrons. The van der Waals surface area contributed by atoms with Crippen LogP contribution in [0.3, 0.4) is 0 Å². The van der Waals surface area contributed by atoms with Crippen LogP contribution in [0, 0.1) is 0 Å². The fourth-order valence-electron chi connectivity index (χ4n) is 3.24. The van der Waals surface area contributed by atoms with Crippen molar-refractivity contribution in [2.75, 3.05) is 7.11 Å². The number of amides is 2. The highest BCUT2D eigenvalue weighted by Crippen LogP contribution is 2.35. The number of thioether (sulfide) groups is 1. The number of hydrogen-bond donors (Lipinski definition) is 0. The van der Waals surface area contributed by atoms with E-state index in [1.165, 1.54) is 12.0 Å². The van der Waals surface area contributed by atoms with E-state index in [2.05, 4.69) is 0 Å². The monoisotopic (exact) mass is 499 g/mol. The van der Waals surface area contributed by atoms with Gasteiger partial charge in [0, 0.05) is 15.6 Å². The molecule has 1 aliphatic heterocycles. The number of ether oxygens (including phenoxy) is 2. The van der Waals surface area contributed by atoms with Crippen molar-refractivity contribution in [1.29, 1.82) is 0 Å². The van der Waals surface area contributed by atoms with Crippen molar-refractivity contribution >= 4 is 52.2 Å². The molecule has 0 unspecified atom stereocenters. The van der Waals surface area contributed by atoms with Crippen molar-refractivity contribution in [1.82, 2.24) is 4.90 Å². The smallest absolute Gasteiger partial charge is 0.293 e. The summed E-state index contributed by atoms with van der Waals surface area (Å²) in [6.45, 7) is 0.482. The average Bonchev–Trinajstić information content (AvgIpc) is 3.07. The second kappa shape index (κ2) is 10.3. The van der Waals surface area contributed by atoms with Crippen molar-refractivity contribution in [3.63, 3.8) is 0 Å². The second-order valence-electron chi connectivity index (χ2n) is 7.19. The molecule has 33 heavy (non-hydrogen) atoms. The number of nitrogens with zero attached hydrogens (tertiary/aromatic N) is 1. The van der Waals surface area contributed by atoms with E-state index in [9.17, 15) is 9.59 Å². The fraction of sp³-hybridized carbons (Fsp3) is 0.120. The summed E-state index contributed by atoms with van der Waals surface area (Å²) in [7, 11) is 1.54. The highest BCUT2D eigenvalue weighted by atomic mass is 35.5. The van der Waals surface area contributed by atoms with Crippen LogP contribution in [0.1, 0.15) is 16.7 Å². The molecule has 1 heterocycles. The van der Waals surface area contributed by atoms with Crippen LogP contribution in [-0.2, 0) is 17.9 Å². The van der Waals surface area contributed by atoms with Gasteiger partial charge in [-0.15, -0.1) is 0 Å². The van der Waals surface area contributed by atoms with Gasteiger partial charge in [0.1, 0.15) is 6.61 Å². The van der Waals surface area contributed by atoms with E-state index in [0.717, 1.165) is 22.9 Å². The molecule has 0 aromatic heterocycles. The van der Waals surface area contributed by atoms with Gasteiger partial charge in [0.15, 0.2) is 11.5 Å². The Morgan fingerprint density at radius 1 is 0.970 bits per heavy atom. The lowest BCUT2D eigenvalue weighted by molar-refractivity contribution is -0.123. The Labute approximate surface area is 205 Å². The van der Waals surface area contributed by atoms with Crippen molar-refractivity contribution < 1.29 is 19.1 Å². The minimum atomic E-state index is -0.314. The summed E-state index contributed by atoms with van der Waals surface area (Å²) in [6.07, 6.45) is 1.68. The molecule has 2 amide bonds. The number of rotatable bonds is 7. The van der Waals surface area contributed by atoms with Gasteiger partial charge in [-0.3, -0.25) is 14.5 Å². The van der Waals surface area contributed by atoms with Crippen molar-refractivity contribution in [3.8, 4) is 11.5 Å². The molecule has 0 radical (unpaired) electrons. The molecule has 0 bridgehead atoms. The number of benzene rings is 3. The first-order valence-corrected chi connectivity index (χ1v) is 11.6. The molecular weight excluding hydrogens is 481 g/mol. The molecule has 8 heteroatoms. The third-order valence-electron chi connectivity index (χ3n) is 4.94. The summed E-state index contributed by atoms with van der Waals surface area (Å²) in [5.74, 6) is 0.709. The molecule has 1 saturated heterocycles. The molecule has 0 spiro atoms. The summed E-state index contributed by atoms with van der Waals surface area (Å²) >= 11 is 13.1. The molecule has 5 nitrogen and oxygen atoms in total. The highest BCUT2D eigenvalue weighted by molar-refractivity contribution is 8.18. The largest absolute Gasteiger partial charge is 0.493 e. The van der Waals surface area contributed by atoms with Crippen LogP contribution in [0.15, 0.2) is 71.6 Å². The summed E-state index contributed by atoms with van der Waals surface area (Å²) in [4.78, 5) is 26.8. The van der Waals surface area contributed by atoms with E-state index in [1.807, 2.05) is 30.3 Å². The van der Waals surface area contributed by atoms with Crippen LogP contribution in [0.2, 0.25) is 10.0 Å². The molecule has 1 aliphatic rings. The van der Waals surface area contributed by atoms with E-state index >= 15 is 0 Å². The molecule has 0 atom stereocenters. The SMILES string of the molecule is COc1cc(/C=C2\SC(=O)N(Cc3ccccc3)C2=O)ccc1OCc1ccc(Cl)cc1Cl. The Morgan fingerprint density at radius 2 is 1.76 bits per heavy atom. The predicted molar refractivity (Wildman–Crippen MR) is 132 cm³/mol. The van der Waals surface area contributed by atoms with Gasteiger partial charge >= 0.3 is 0 Å². The molecule has 0 aliphatic carbocycles. The third-order valence-corrected chi connectivity index (χ3v) is 6.44. The zero-order valence-electron chi connectivity index (χ0n) is 17.6. The van der Waals surface area contributed by atoms with E-state index in [1.54, 1.807) is 42.5 Å². The molecule has 0 N–H and O–H groups in total. The molecule has 3 aromatic rings. The lowest BCUT2D eigenvalue weighted by Gasteiger charge is -2.13. The van der Waals surface area contributed by atoms with Gasteiger partial charge in [-0.05, 0) is 53.2 Å². The molecule has 0 saturated carbocycles. The van der Waals surface area contributed by atoms with Crippen LogP contribution in [0.25, 0.3) is 6.08 Å². The maximum atomic E-state index is 12.8. The van der Waals surface area contributed by atoms with Crippen molar-refractivity contribution in [3.05, 3.63) is 98.4 Å². The molecule has 4 rings (SSSR count). The van der Waals surface area contributed by atoms with Crippen molar-refractivity contribution in [2.45, 2.75) is 13.2 Å². The number of hydrogen-bond acceptors (Lipinski definition) is 5. The Bertz CT molecular complexity index is 1230. The second-order valence-corrected chi connectivity index (χ2v) is 9.02. The molecular formula is C25H19Cl2NO4S.